The van der Waals surface area contributed by atoms with Crippen LogP contribution in [0.2, 0.25) is 0 Å². The van der Waals surface area contributed by atoms with Gasteiger partial charge in [-0.05, 0) is 103 Å². The summed E-state index contributed by atoms with van der Waals surface area (Å²) in [5.74, 6) is 3.25. The molecule has 5 rings (SSSR count). The van der Waals surface area contributed by atoms with Crippen molar-refractivity contribution in [3.05, 3.63) is 22.4 Å². The Kier molecular flexibility index (Phi) is 6.98. The molecule has 1 heterocycles. The van der Waals surface area contributed by atoms with Crippen LogP contribution in [-0.4, -0.2) is 22.9 Å². The Morgan fingerprint density at radius 3 is 2.69 bits per heavy atom. The van der Waals surface area contributed by atoms with E-state index in [-0.39, 0.29) is 28.9 Å². The number of hydrogen-bond acceptors (Lipinski definition) is 4. The zero-order chi connectivity index (χ0) is 25.0. The van der Waals surface area contributed by atoms with E-state index in [4.69, 9.17) is 0 Å². The largest absolute Gasteiger partial charge is 0.393 e. The van der Waals surface area contributed by atoms with Crippen molar-refractivity contribution in [1.82, 2.24) is 5.32 Å². The molecule has 5 heteroatoms. The summed E-state index contributed by atoms with van der Waals surface area (Å²) in [5.41, 5.74) is 0.410. The number of fused-ring (bicyclic) bond motifs is 5. The SMILES string of the molecule is CC[C@@H](NC(=O)C[C@@H](C)[C@H]1CC[C@H]2[C@@H]3[C@H](O)C[C@@H]4CC(=O)CC[C@]4(C)[C@H]3CC[C@]12C)c1cccs1. The van der Waals surface area contributed by atoms with Gasteiger partial charge in [0.25, 0.3) is 0 Å². The summed E-state index contributed by atoms with van der Waals surface area (Å²) in [6, 6.07) is 4.29. The van der Waals surface area contributed by atoms with Crippen LogP contribution < -0.4 is 5.32 Å². The van der Waals surface area contributed by atoms with Crippen molar-refractivity contribution in [2.24, 2.45) is 46.3 Å². The summed E-state index contributed by atoms with van der Waals surface area (Å²) < 4.78 is 0. The number of thiophene rings is 1. The lowest BCUT2D eigenvalue weighted by molar-refractivity contribution is -0.169. The summed E-state index contributed by atoms with van der Waals surface area (Å²) in [5, 5.41) is 16.8. The molecule has 0 radical (unpaired) electrons. The molecular weight excluding hydrogens is 454 g/mol. The first-order chi connectivity index (χ1) is 16.7. The maximum Gasteiger partial charge on any atom is 0.220 e. The number of nitrogens with one attached hydrogen (secondary N) is 1. The fourth-order valence-corrected chi connectivity index (χ4v) is 10.4. The van der Waals surface area contributed by atoms with Crippen LogP contribution in [0.3, 0.4) is 0 Å². The molecule has 1 aromatic heterocycles. The second kappa shape index (κ2) is 9.59. The third-order valence-electron chi connectivity index (χ3n) is 11.4. The van der Waals surface area contributed by atoms with Gasteiger partial charge in [0.05, 0.1) is 12.1 Å². The topological polar surface area (TPSA) is 66.4 Å². The molecule has 1 aromatic rings. The zero-order valence-corrected chi connectivity index (χ0v) is 22.9. The molecule has 2 N–H and O–H groups in total. The minimum atomic E-state index is -0.276. The van der Waals surface area contributed by atoms with Crippen LogP contribution in [0.1, 0.15) is 103 Å². The number of carbonyl (C=O) groups excluding carboxylic acids is 2. The van der Waals surface area contributed by atoms with Gasteiger partial charge in [-0.15, -0.1) is 11.3 Å². The van der Waals surface area contributed by atoms with Gasteiger partial charge >= 0.3 is 0 Å². The highest BCUT2D eigenvalue weighted by Crippen LogP contribution is 2.68. The Labute approximate surface area is 215 Å². The molecular formula is C30H45NO3S. The number of Topliss-reactive ketones (excluding diaryl/α,β-unsaturated/α-hetero) is 1. The van der Waals surface area contributed by atoms with Gasteiger partial charge in [-0.3, -0.25) is 9.59 Å². The van der Waals surface area contributed by atoms with E-state index < -0.39 is 0 Å². The van der Waals surface area contributed by atoms with E-state index in [1.807, 2.05) is 0 Å². The smallest absolute Gasteiger partial charge is 0.220 e. The first-order valence-electron chi connectivity index (χ1n) is 14.2. The van der Waals surface area contributed by atoms with E-state index in [1.165, 1.54) is 30.6 Å². The number of aliphatic hydroxyl groups is 1. The molecule has 1 amide bonds. The fourth-order valence-electron chi connectivity index (χ4n) is 9.54. The first kappa shape index (κ1) is 25.4. The van der Waals surface area contributed by atoms with Gasteiger partial charge in [-0.2, -0.15) is 0 Å². The van der Waals surface area contributed by atoms with Crippen molar-refractivity contribution in [2.75, 3.05) is 0 Å². The third-order valence-corrected chi connectivity index (χ3v) is 12.4. The summed E-state index contributed by atoms with van der Waals surface area (Å²) in [7, 11) is 0. The Morgan fingerprint density at radius 2 is 1.97 bits per heavy atom. The van der Waals surface area contributed by atoms with Gasteiger partial charge in [0.15, 0.2) is 0 Å². The van der Waals surface area contributed by atoms with Gasteiger partial charge in [0.2, 0.25) is 5.91 Å². The first-order valence-corrected chi connectivity index (χ1v) is 15.1. The molecule has 4 fully saturated rings. The van der Waals surface area contributed by atoms with E-state index in [0.717, 1.165) is 25.7 Å². The van der Waals surface area contributed by atoms with Gasteiger partial charge < -0.3 is 10.4 Å². The van der Waals surface area contributed by atoms with Gasteiger partial charge in [-0.1, -0.05) is 33.8 Å². The second-order valence-electron chi connectivity index (χ2n) is 13.0. The van der Waals surface area contributed by atoms with Crippen molar-refractivity contribution in [3.63, 3.8) is 0 Å². The highest BCUT2D eigenvalue weighted by Gasteiger charge is 2.62. The van der Waals surface area contributed by atoms with E-state index in [1.54, 1.807) is 11.3 Å². The van der Waals surface area contributed by atoms with Crippen molar-refractivity contribution in [2.45, 2.75) is 104 Å². The Bertz CT molecular complexity index is 930. The van der Waals surface area contributed by atoms with Crippen molar-refractivity contribution < 1.29 is 14.7 Å². The molecule has 4 nitrogen and oxygen atoms in total. The van der Waals surface area contributed by atoms with Crippen LogP contribution in [0, 0.1) is 46.3 Å². The standard InChI is InChI=1S/C30H45NO3S/c1-5-24(26-7-6-14-35-26)31-27(34)15-18(2)21-8-9-22-28-23(11-13-30(21,22)4)29(3)12-10-20(32)16-19(29)17-25(28)33/h6-7,14,18-19,21-25,28,33H,5,8-13,15-17H2,1-4H3,(H,31,34)/t18-,19+,21-,22+,23+,24-,25-,28+,29+,30-/m1/s1. The summed E-state index contributed by atoms with van der Waals surface area (Å²) >= 11 is 1.72. The molecule has 4 aliphatic rings. The predicted molar refractivity (Wildman–Crippen MR) is 141 cm³/mol. The van der Waals surface area contributed by atoms with Crippen molar-refractivity contribution >= 4 is 23.0 Å². The van der Waals surface area contributed by atoms with Crippen LogP contribution >= 0.6 is 11.3 Å². The molecule has 4 saturated carbocycles. The van der Waals surface area contributed by atoms with Crippen molar-refractivity contribution in [1.29, 1.82) is 0 Å². The Morgan fingerprint density at radius 1 is 1.20 bits per heavy atom. The van der Waals surface area contributed by atoms with Gasteiger partial charge in [0.1, 0.15) is 5.78 Å². The minimum Gasteiger partial charge on any atom is -0.393 e. The molecule has 0 aromatic carbocycles. The van der Waals surface area contributed by atoms with E-state index in [2.05, 4.69) is 50.5 Å². The molecule has 35 heavy (non-hydrogen) atoms. The molecule has 10 atom stereocenters. The molecule has 0 aliphatic heterocycles. The van der Waals surface area contributed by atoms with E-state index in [9.17, 15) is 14.7 Å². The predicted octanol–water partition coefficient (Wildman–Crippen LogP) is 6.54. The normalized spacial score (nSPS) is 42.5. The van der Waals surface area contributed by atoms with Crippen LogP contribution in [-0.2, 0) is 9.59 Å². The molecule has 0 bridgehead atoms. The molecule has 194 valence electrons. The maximum atomic E-state index is 13.1. The van der Waals surface area contributed by atoms with Crippen LogP contribution in [0.15, 0.2) is 17.5 Å². The summed E-state index contributed by atoms with van der Waals surface area (Å²) in [6.07, 6.45) is 9.17. The maximum absolute atomic E-state index is 13.1. The quantitative estimate of drug-likeness (QED) is 0.467. The third kappa shape index (κ3) is 4.33. The molecule has 0 saturated heterocycles. The lowest BCUT2D eigenvalue weighted by Crippen LogP contribution is -2.58. The van der Waals surface area contributed by atoms with E-state index >= 15 is 0 Å². The van der Waals surface area contributed by atoms with Gasteiger partial charge in [0, 0.05) is 24.1 Å². The molecule has 4 aliphatic carbocycles. The lowest BCUT2D eigenvalue weighted by atomic mass is 9.44. The second-order valence-corrected chi connectivity index (χ2v) is 14.0. The summed E-state index contributed by atoms with van der Waals surface area (Å²) in [4.78, 5) is 26.5. The highest BCUT2D eigenvalue weighted by molar-refractivity contribution is 7.10. The number of ketones is 1. The molecule has 0 spiro atoms. The number of hydrogen-bond donors (Lipinski definition) is 2. The fraction of sp³-hybridized carbons (Fsp3) is 0.800. The number of rotatable bonds is 6. The average molecular weight is 500 g/mol. The Hall–Kier alpha value is -1.20. The highest BCUT2D eigenvalue weighted by atomic mass is 32.1. The summed E-state index contributed by atoms with van der Waals surface area (Å²) in [6.45, 7) is 9.34. The number of amides is 1. The monoisotopic (exact) mass is 499 g/mol. The lowest BCUT2D eigenvalue weighted by Gasteiger charge is -2.61. The zero-order valence-electron chi connectivity index (χ0n) is 22.1. The Balaban J connectivity index is 1.28. The van der Waals surface area contributed by atoms with E-state index in [0.29, 0.717) is 54.1 Å². The van der Waals surface area contributed by atoms with Crippen LogP contribution in [0.4, 0.5) is 0 Å². The number of aliphatic hydroxyl groups excluding tert-OH is 1. The van der Waals surface area contributed by atoms with Crippen LogP contribution in [0.25, 0.3) is 0 Å². The average Bonchev–Trinajstić information content (AvgIpc) is 3.46. The van der Waals surface area contributed by atoms with Crippen LogP contribution in [0.5, 0.6) is 0 Å². The van der Waals surface area contributed by atoms with Gasteiger partial charge in [-0.25, -0.2) is 0 Å². The van der Waals surface area contributed by atoms with Crippen molar-refractivity contribution in [3.8, 4) is 0 Å². The minimum absolute atomic E-state index is 0.116. The molecule has 0 unspecified atom stereocenters. The number of carbonyl (C=O) groups is 2.